The lowest BCUT2D eigenvalue weighted by molar-refractivity contribution is -0.385. The van der Waals surface area contributed by atoms with Crippen LogP contribution in [0.2, 0.25) is 5.15 Å². The molecule has 0 amide bonds. The van der Waals surface area contributed by atoms with Crippen LogP contribution in [-0.4, -0.2) is 9.91 Å². The average Bonchev–Trinajstić information content (AvgIpc) is 2.31. The maximum absolute atomic E-state index is 10.9. The number of benzene rings is 1. The van der Waals surface area contributed by atoms with E-state index in [1.54, 1.807) is 30.3 Å². The normalized spacial score (nSPS) is 10.1. The maximum Gasteiger partial charge on any atom is 0.312 e. The Labute approximate surface area is 116 Å². The predicted octanol–water partition coefficient (Wildman–Crippen LogP) is 4.20. The molecule has 0 spiro atoms. The molecule has 0 aliphatic rings. The monoisotopic (exact) mass is 328 g/mol. The second kappa shape index (κ2) is 5.32. The maximum atomic E-state index is 10.9. The topological polar surface area (TPSA) is 65.3 Å². The number of halogens is 2. The van der Waals surface area contributed by atoms with Crippen LogP contribution in [0.25, 0.3) is 0 Å². The first-order chi connectivity index (χ1) is 8.58. The number of para-hydroxylation sites is 1. The third kappa shape index (κ3) is 2.77. The van der Waals surface area contributed by atoms with Crippen molar-refractivity contribution in [3.8, 4) is 11.6 Å². The van der Waals surface area contributed by atoms with Crippen LogP contribution in [0.5, 0.6) is 11.6 Å². The van der Waals surface area contributed by atoms with E-state index in [-0.39, 0.29) is 22.5 Å². The molecule has 0 atom stereocenters. The molecular weight excluding hydrogens is 323 g/mol. The Bertz CT molecular complexity index is 607. The van der Waals surface area contributed by atoms with E-state index in [1.165, 1.54) is 6.07 Å². The van der Waals surface area contributed by atoms with Crippen molar-refractivity contribution in [3.63, 3.8) is 0 Å². The van der Waals surface area contributed by atoms with Crippen LogP contribution in [-0.2, 0) is 0 Å². The van der Waals surface area contributed by atoms with Gasteiger partial charge in [-0.2, -0.15) is 0 Å². The Balaban J connectivity index is 2.42. The molecule has 1 aromatic heterocycles. The zero-order chi connectivity index (χ0) is 13.1. The van der Waals surface area contributed by atoms with E-state index in [0.717, 1.165) is 0 Å². The minimum absolute atomic E-state index is 0.0947. The number of hydrogen-bond donors (Lipinski definition) is 0. The Kier molecular flexibility index (Phi) is 3.78. The number of pyridine rings is 1. The Morgan fingerprint density at radius 2 is 2.00 bits per heavy atom. The molecule has 0 saturated heterocycles. The smallest absolute Gasteiger partial charge is 0.312 e. The van der Waals surface area contributed by atoms with E-state index in [2.05, 4.69) is 20.9 Å². The van der Waals surface area contributed by atoms with Gasteiger partial charge in [0.2, 0.25) is 11.6 Å². The minimum atomic E-state index is -0.523. The number of hydrogen-bond acceptors (Lipinski definition) is 4. The van der Waals surface area contributed by atoms with Crippen LogP contribution < -0.4 is 4.74 Å². The summed E-state index contributed by atoms with van der Waals surface area (Å²) in [5.41, 5.74) is -0.147. The summed E-state index contributed by atoms with van der Waals surface area (Å²) in [5.74, 6) is 0.287. The van der Waals surface area contributed by atoms with E-state index in [9.17, 15) is 10.1 Å². The Morgan fingerprint density at radius 1 is 1.28 bits per heavy atom. The lowest BCUT2D eigenvalue weighted by Crippen LogP contribution is -1.95. The van der Waals surface area contributed by atoms with Crippen molar-refractivity contribution in [2.24, 2.45) is 0 Å². The van der Waals surface area contributed by atoms with Crippen molar-refractivity contribution in [3.05, 3.63) is 56.1 Å². The van der Waals surface area contributed by atoms with Gasteiger partial charge in [0.25, 0.3) is 0 Å². The summed E-state index contributed by atoms with van der Waals surface area (Å²) in [6.45, 7) is 0. The highest BCUT2D eigenvalue weighted by Gasteiger charge is 2.19. The number of nitrogens with zero attached hydrogens (tertiary/aromatic N) is 2. The fourth-order valence-corrected chi connectivity index (χ4v) is 1.89. The van der Waals surface area contributed by atoms with Gasteiger partial charge < -0.3 is 4.74 Å². The molecule has 0 bridgehead atoms. The lowest BCUT2D eigenvalue weighted by Gasteiger charge is -2.07. The fourth-order valence-electron chi connectivity index (χ4n) is 1.29. The highest BCUT2D eigenvalue weighted by atomic mass is 79.9. The highest BCUT2D eigenvalue weighted by molar-refractivity contribution is 9.10. The van der Waals surface area contributed by atoms with Gasteiger partial charge in [0.15, 0.2) is 0 Å². The van der Waals surface area contributed by atoms with E-state index in [0.29, 0.717) is 4.47 Å². The summed E-state index contributed by atoms with van der Waals surface area (Å²) < 4.78 is 5.87. The summed E-state index contributed by atoms with van der Waals surface area (Å²) in [5, 5.41) is 11.1. The predicted molar refractivity (Wildman–Crippen MR) is 70.1 cm³/mol. The second-order valence-electron chi connectivity index (χ2n) is 3.25. The molecule has 0 saturated carbocycles. The number of ether oxygens (including phenoxy) is 1. The molecular formula is C11H6BrClN2O3. The van der Waals surface area contributed by atoms with Crippen molar-refractivity contribution >= 4 is 33.2 Å². The molecule has 0 aliphatic heterocycles. The molecule has 0 fully saturated rings. The Morgan fingerprint density at radius 3 is 2.67 bits per heavy atom. The first-order valence-corrected chi connectivity index (χ1v) is 5.98. The van der Waals surface area contributed by atoms with Crippen LogP contribution in [0.4, 0.5) is 5.69 Å². The fraction of sp³-hybridized carbons (Fsp3) is 0. The highest BCUT2D eigenvalue weighted by Crippen LogP contribution is 2.37. The molecule has 2 aromatic rings. The van der Waals surface area contributed by atoms with Gasteiger partial charge >= 0.3 is 5.69 Å². The van der Waals surface area contributed by atoms with Gasteiger partial charge in [0.1, 0.15) is 5.15 Å². The number of nitro benzene ring substituents is 1. The van der Waals surface area contributed by atoms with Crippen molar-refractivity contribution in [1.29, 1.82) is 0 Å². The molecule has 0 unspecified atom stereocenters. The van der Waals surface area contributed by atoms with E-state index in [4.69, 9.17) is 16.3 Å². The molecule has 0 aliphatic carbocycles. The Hall–Kier alpha value is -1.66. The van der Waals surface area contributed by atoms with E-state index >= 15 is 0 Å². The third-order valence-corrected chi connectivity index (χ3v) is 2.87. The standard InChI is InChI=1S/C11H6BrClN2O3/c12-7-3-1-4-8(15(16)17)11(7)18-10-6-2-5-9(13)14-10/h1-6H. The zero-order valence-corrected chi connectivity index (χ0v) is 11.2. The van der Waals surface area contributed by atoms with Crippen molar-refractivity contribution in [2.75, 3.05) is 0 Å². The first-order valence-electron chi connectivity index (χ1n) is 4.81. The quantitative estimate of drug-likeness (QED) is 0.481. The molecule has 2 rings (SSSR count). The average molecular weight is 330 g/mol. The van der Waals surface area contributed by atoms with Gasteiger partial charge in [-0.05, 0) is 28.1 Å². The SMILES string of the molecule is O=[N+]([O-])c1cccc(Br)c1Oc1cccc(Cl)n1. The molecule has 1 heterocycles. The van der Waals surface area contributed by atoms with Gasteiger partial charge in [-0.3, -0.25) is 10.1 Å². The van der Waals surface area contributed by atoms with Crippen LogP contribution in [0.3, 0.4) is 0 Å². The first kappa shape index (κ1) is 12.8. The molecule has 0 radical (unpaired) electrons. The van der Waals surface area contributed by atoms with Gasteiger partial charge in [0, 0.05) is 12.1 Å². The largest absolute Gasteiger partial charge is 0.431 e. The second-order valence-corrected chi connectivity index (χ2v) is 4.49. The number of nitro groups is 1. The minimum Gasteiger partial charge on any atom is -0.431 e. The van der Waals surface area contributed by atoms with Crippen molar-refractivity contribution in [2.45, 2.75) is 0 Å². The molecule has 5 nitrogen and oxygen atoms in total. The number of aromatic nitrogens is 1. The summed E-state index contributed by atoms with van der Waals surface area (Å²) in [7, 11) is 0. The van der Waals surface area contributed by atoms with Crippen LogP contribution in [0.1, 0.15) is 0 Å². The van der Waals surface area contributed by atoms with Crippen molar-refractivity contribution in [1.82, 2.24) is 4.98 Å². The molecule has 7 heteroatoms. The molecule has 1 aromatic carbocycles. The van der Waals surface area contributed by atoms with Gasteiger partial charge in [-0.25, -0.2) is 4.98 Å². The van der Waals surface area contributed by atoms with Gasteiger partial charge in [0.05, 0.1) is 9.40 Å². The lowest BCUT2D eigenvalue weighted by atomic mass is 10.3. The summed E-state index contributed by atoms with van der Waals surface area (Å²) in [6.07, 6.45) is 0. The summed E-state index contributed by atoms with van der Waals surface area (Å²) in [6, 6.07) is 9.35. The summed E-state index contributed by atoms with van der Waals surface area (Å²) >= 11 is 8.92. The zero-order valence-electron chi connectivity index (χ0n) is 8.84. The molecule has 92 valence electrons. The molecule has 0 N–H and O–H groups in total. The van der Waals surface area contributed by atoms with Crippen LogP contribution >= 0.6 is 27.5 Å². The van der Waals surface area contributed by atoms with Crippen molar-refractivity contribution < 1.29 is 9.66 Å². The van der Waals surface area contributed by atoms with Gasteiger partial charge in [-0.1, -0.05) is 23.7 Å². The van der Waals surface area contributed by atoms with E-state index in [1.807, 2.05) is 0 Å². The third-order valence-electron chi connectivity index (χ3n) is 2.04. The molecule has 18 heavy (non-hydrogen) atoms. The number of rotatable bonds is 3. The van der Waals surface area contributed by atoms with Gasteiger partial charge in [-0.15, -0.1) is 0 Å². The van der Waals surface area contributed by atoms with E-state index < -0.39 is 4.92 Å². The van der Waals surface area contributed by atoms with Crippen LogP contribution in [0, 0.1) is 10.1 Å². The summed E-state index contributed by atoms with van der Waals surface area (Å²) in [4.78, 5) is 14.3. The van der Waals surface area contributed by atoms with Crippen LogP contribution in [0.15, 0.2) is 40.9 Å².